The third-order valence-electron chi connectivity index (χ3n) is 3.86. The molecule has 0 fully saturated rings. The Morgan fingerprint density at radius 1 is 1.20 bits per heavy atom. The van der Waals surface area contributed by atoms with E-state index in [1.807, 2.05) is 28.9 Å². The molecular weight excluding hydrogens is 342 g/mol. The molecule has 1 aliphatic rings. The van der Waals surface area contributed by atoms with Gasteiger partial charge in [0.1, 0.15) is 11.1 Å². The largest absolute Gasteiger partial charge is 0.496 e. The number of benzene rings is 2. The van der Waals surface area contributed by atoms with Crippen molar-refractivity contribution in [2.75, 3.05) is 12.5 Å². The van der Waals surface area contributed by atoms with Crippen molar-refractivity contribution < 1.29 is 9.66 Å². The van der Waals surface area contributed by atoms with E-state index in [0.29, 0.717) is 11.6 Å². The van der Waals surface area contributed by atoms with E-state index in [1.165, 1.54) is 23.9 Å². The maximum Gasteiger partial charge on any atom is 0.269 e. The first kappa shape index (κ1) is 15.5. The topological polar surface area (TPSA) is 95.1 Å². The molecule has 0 radical (unpaired) electrons. The van der Waals surface area contributed by atoms with Gasteiger partial charge in [-0.3, -0.25) is 10.1 Å². The molecule has 0 bridgehead atoms. The molecule has 0 saturated heterocycles. The molecule has 0 aliphatic carbocycles. The summed E-state index contributed by atoms with van der Waals surface area (Å²) in [4.78, 5) is 10.4. The summed E-state index contributed by atoms with van der Waals surface area (Å²) >= 11 is 1.50. The number of nitro groups is 1. The summed E-state index contributed by atoms with van der Waals surface area (Å²) in [6.45, 7) is 0. The van der Waals surface area contributed by atoms with E-state index in [-0.39, 0.29) is 11.1 Å². The molecule has 0 amide bonds. The van der Waals surface area contributed by atoms with Gasteiger partial charge in [-0.1, -0.05) is 23.9 Å². The van der Waals surface area contributed by atoms with Crippen LogP contribution in [0.2, 0.25) is 0 Å². The predicted molar refractivity (Wildman–Crippen MR) is 93.1 cm³/mol. The van der Waals surface area contributed by atoms with Crippen molar-refractivity contribution in [3.63, 3.8) is 0 Å². The van der Waals surface area contributed by atoms with Crippen LogP contribution in [0.4, 0.5) is 5.69 Å². The third-order valence-corrected chi connectivity index (χ3v) is 4.95. The maximum absolute atomic E-state index is 10.8. The number of hydrogen-bond acceptors (Lipinski definition) is 7. The van der Waals surface area contributed by atoms with Crippen LogP contribution in [0.1, 0.15) is 10.9 Å². The molecule has 2 aromatic carbocycles. The van der Waals surface area contributed by atoms with Crippen molar-refractivity contribution in [2.45, 2.75) is 10.5 Å². The molecule has 2 heterocycles. The van der Waals surface area contributed by atoms with Crippen LogP contribution in [0.5, 0.6) is 5.75 Å². The smallest absolute Gasteiger partial charge is 0.269 e. The number of nitrogens with zero attached hydrogens (tertiary/aromatic N) is 4. The fraction of sp³-hybridized carbons (Fsp3) is 0.125. The van der Waals surface area contributed by atoms with Crippen molar-refractivity contribution >= 4 is 17.4 Å². The minimum atomic E-state index is -0.409. The molecule has 25 heavy (non-hydrogen) atoms. The van der Waals surface area contributed by atoms with E-state index in [9.17, 15) is 10.1 Å². The lowest BCUT2D eigenvalue weighted by Gasteiger charge is -2.13. The molecular formula is C16H13N5O3S. The number of para-hydroxylation sites is 1. The van der Waals surface area contributed by atoms with Gasteiger partial charge in [0.25, 0.3) is 5.69 Å². The minimum absolute atomic E-state index is 0.0702. The first-order valence-electron chi connectivity index (χ1n) is 7.44. The van der Waals surface area contributed by atoms with Crippen molar-refractivity contribution in [1.82, 2.24) is 14.9 Å². The lowest BCUT2D eigenvalue weighted by Crippen LogP contribution is -2.14. The highest BCUT2D eigenvalue weighted by atomic mass is 32.2. The Hall–Kier alpha value is -3.07. The zero-order valence-corrected chi connectivity index (χ0v) is 13.9. The highest BCUT2D eigenvalue weighted by Crippen LogP contribution is 2.41. The lowest BCUT2D eigenvalue weighted by molar-refractivity contribution is -0.384. The molecule has 0 saturated carbocycles. The Kier molecular flexibility index (Phi) is 3.77. The molecule has 1 N–H and O–H groups in total. The van der Waals surface area contributed by atoms with Crippen molar-refractivity contribution in [3.8, 4) is 17.1 Å². The Balaban J connectivity index is 1.64. The monoisotopic (exact) mass is 355 g/mol. The van der Waals surface area contributed by atoms with Gasteiger partial charge in [0.2, 0.25) is 5.16 Å². The van der Waals surface area contributed by atoms with Crippen molar-refractivity contribution in [3.05, 3.63) is 64.2 Å². The van der Waals surface area contributed by atoms with Crippen LogP contribution in [0.25, 0.3) is 11.4 Å². The molecule has 1 aromatic heterocycles. The second-order valence-electron chi connectivity index (χ2n) is 5.32. The summed E-state index contributed by atoms with van der Waals surface area (Å²) in [5.74, 6) is 1.37. The van der Waals surface area contributed by atoms with Crippen LogP contribution >= 0.6 is 11.8 Å². The quantitative estimate of drug-likeness (QED) is 0.567. The Morgan fingerprint density at radius 2 is 1.96 bits per heavy atom. The Labute approximate surface area is 147 Å². The Morgan fingerprint density at radius 3 is 2.68 bits per heavy atom. The minimum Gasteiger partial charge on any atom is -0.496 e. The molecule has 126 valence electrons. The second kappa shape index (κ2) is 6.10. The van der Waals surface area contributed by atoms with Crippen LogP contribution in [0.3, 0.4) is 0 Å². The summed E-state index contributed by atoms with van der Waals surface area (Å²) in [7, 11) is 1.61. The van der Waals surface area contributed by atoms with E-state index < -0.39 is 4.92 Å². The molecule has 0 unspecified atom stereocenters. The van der Waals surface area contributed by atoms with Gasteiger partial charge in [0.15, 0.2) is 5.82 Å². The number of hydrogen-bond donors (Lipinski definition) is 1. The number of aromatic nitrogens is 3. The number of methoxy groups -OCH3 is 1. The first-order chi connectivity index (χ1) is 12.2. The molecule has 1 aliphatic heterocycles. The van der Waals surface area contributed by atoms with Gasteiger partial charge in [-0.05, 0) is 29.8 Å². The van der Waals surface area contributed by atoms with Crippen molar-refractivity contribution in [2.24, 2.45) is 0 Å². The number of nitro benzene ring substituents is 1. The fourth-order valence-electron chi connectivity index (χ4n) is 2.63. The summed E-state index contributed by atoms with van der Waals surface area (Å²) in [5, 5.41) is 19.9. The maximum atomic E-state index is 10.8. The molecule has 3 aromatic rings. The summed E-state index contributed by atoms with van der Waals surface area (Å²) < 4.78 is 7.21. The van der Waals surface area contributed by atoms with Gasteiger partial charge in [-0.15, -0.1) is 10.2 Å². The molecule has 0 spiro atoms. The van der Waals surface area contributed by atoms with E-state index >= 15 is 0 Å². The first-order valence-corrected chi connectivity index (χ1v) is 8.31. The van der Waals surface area contributed by atoms with Crippen LogP contribution in [0.15, 0.2) is 53.7 Å². The average Bonchev–Trinajstić information content (AvgIpc) is 3.22. The van der Waals surface area contributed by atoms with Crippen LogP contribution in [-0.4, -0.2) is 26.9 Å². The van der Waals surface area contributed by atoms with Gasteiger partial charge in [0, 0.05) is 12.1 Å². The van der Waals surface area contributed by atoms with Crippen LogP contribution in [-0.2, 0) is 0 Å². The highest BCUT2D eigenvalue weighted by molar-refractivity contribution is 7.99. The fourth-order valence-corrected chi connectivity index (χ4v) is 3.62. The van der Waals surface area contributed by atoms with Gasteiger partial charge in [-0.2, -0.15) is 0 Å². The third kappa shape index (κ3) is 2.68. The predicted octanol–water partition coefficient (Wildman–Crippen LogP) is 3.21. The zero-order chi connectivity index (χ0) is 17.4. The average molecular weight is 355 g/mol. The number of rotatable bonds is 4. The van der Waals surface area contributed by atoms with Gasteiger partial charge >= 0.3 is 0 Å². The summed E-state index contributed by atoms with van der Waals surface area (Å²) in [6, 6.07) is 14.1. The summed E-state index contributed by atoms with van der Waals surface area (Å²) in [6.07, 6.45) is 0. The van der Waals surface area contributed by atoms with Crippen LogP contribution in [0, 0.1) is 10.1 Å². The molecule has 4 rings (SSSR count). The zero-order valence-electron chi connectivity index (χ0n) is 13.1. The van der Waals surface area contributed by atoms with E-state index in [4.69, 9.17) is 4.74 Å². The van der Waals surface area contributed by atoms with E-state index in [2.05, 4.69) is 15.6 Å². The van der Waals surface area contributed by atoms with Crippen LogP contribution < -0.4 is 10.2 Å². The number of thioether (sulfide) groups is 1. The molecule has 9 heteroatoms. The molecule has 8 nitrogen and oxygen atoms in total. The van der Waals surface area contributed by atoms with E-state index in [0.717, 1.165) is 16.3 Å². The number of non-ortho nitro benzene ring substituents is 1. The highest BCUT2D eigenvalue weighted by Gasteiger charge is 2.29. The lowest BCUT2D eigenvalue weighted by atomic mass is 10.2. The standard InChI is InChI=1S/C16H13N5O3S/c1-24-13-5-3-2-4-12(13)14-17-18-16-20(14)19-15(25-16)10-6-8-11(9-7-10)21(22)23/h2-9,15,19H,1H3/t15-/m1/s1. The van der Waals surface area contributed by atoms with Crippen molar-refractivity contribution in [1.29, 1.82) is 0 Å². The molecule has 1 atom stereocenters. The number of nitrogens with one attached hydrogen (secondary N) is 1. The van der Waals surface area contributed by atoms with Gasteiger partial charge < -0.3 is 10.2 Å². The summed E-state index contributed by atoms with van der Waals surface area (Å²) in [5.41, 5.74) is 5.15. The Bertz CT molecular complexity index is 941. The number of fused-ring (bicyclic) bond motifs is 1. The normalized spacial score (nSPS) is 15.5. The van der Waals surface area contributed by atoms with Gasteiger partial charge in [-0.25, -0.2) is 4.68 Å². The second-order valence-corrected chi connectivity index (χ2v) is 6.39. The SMILES string of the molecule is COc1ccccc1-c1nnc2n1N[C@@H](c1ccc([N+](=O)[O-])cc1)S2. The van der Waals surface area contributed by atoms with Gasteiger partial charge in [0.05, 0.1) is 17.6 Å². The van der Waals surface area contributed by atoms with E-state index in [1.54, 1.807) is 19.2 Å². The number of ether oxygens (including phenoxy) is 1.